The molecule has 0 aliphatic heterocycles. The second kappa shape index (κ2) is 13.5. The van der Waals surface area contributed by atoms with E-state index in [4.69, 9.17) is 15.0 Å². The molecule has 0 aliphatic carbocycles. The van der Waals surface area contributed by atoms with E-state index in [2.05, 4.69) is 91.0 Å². The van der Waals surface area contributed by atoms with Crippen LogP contribution in [-0.4, -0.2) is 6.16 Å². The fraction of sp³-hybridized carbons (Fsp3) is 0. The summed E-state index contributed by atoms with van der Waals surface area (Å²) < 4.78 is 0. The summed E-state index contributed by atoms with van der Waals surface area (Å²) in [5.74, 6) is 0. The van der Waals surface area contributed by atoms with Crippen molar-refractivity contribution in [2.45, 2.75) is 0 Å². The zero-order valence-electron chi connectivity index (χ0n) is 14.3. The molecule has 3 aromatic rings. The van der Waals surface area contributed by atoms with Crippen LogP contribution >= 0.6 is 7.92 Å². The maximum atomic E-state index is 8.33. The van der Waals surface area contributed by atoms with E-state index in [0.717, 1.165) is 0 Å². The quantitative estimate of drug-likeness (QED) is 0.344. The third-order valence-corrected chi connectivity index (χ3v) is 5.49. The van der Waals surface area contributed by atoms with E-state index in [0.29, 0.717) is 0 Å². The fourth-order valence-corrected chi connectivity index (χ4v) is 4.48. The number of carbonyl (C=O) groups is 1. The van der Waals surface area contributed by atoms with E-state index in [1.54, 1.807) is 0 Å². The van der Waals surface area contributed by atoms with Gasteiger partial charge in [-0.2, -0.15) is 0 Å². The summed E-state index contributed by atoms with van der Waals surface area (Å²) in [6, 6.07) is 32.3. The molecular weight excluding hydrogens is 353 g/mol. The van der Waals surface area contributed by atoms with E-state index >= 15 is 0 Å². The minimum absolute atomic E-state index is 0. The Morgan fingerprint density at radius 1 is 0.560 bits per heavy atom. The van der Waals surface area contributed by atoms with Crippen molar-refractivity contribution in [2.75, 3.05) is 0 Å². The maximum Gasteiger partial charge on any atom is 1.00 e. The van der Waals surface area contributed by atoms with Crippen molar-refractivity contribution in [2.24, 2.45) is 0 Å². The van der Waals surface area contributed by atoms with E-state index in [1.807, 2.05) is 0 Å². The predicted octanol–water partition coefficient (Wildman–Crippen LogP) is -4.99. The van der Waals surface area contributed by atoms with Gasteiger partial charge in [0.05, 0.1) is 0 Å². The van der Waals surface area contributed by atoms with Crippen LogP contribution in [0.5, 0.6) is 0 Å². The van der Waals surface area contributed by atoms with E-state index in [-0.39, 0.29) is 59.1 Å². The molecule has 6 heteroatoms. The summed E-state index contributed by atoms with van der Waals surface area (Å²) in [5, 5.41) is 20.9. The summed E-state index contributed by atoms with van der Waals surface area (Å²) in [4.78, 5) is 8.33. The molecule has 0 saturated carbocycles. The van der Waals surface area contributed by atoms with Gasteiger partial charge in [-0.15, -0.1) is 0 Å². The van der Waals surface area contributed by atoms with Crippen molar-refractivity contribution < 1.29 is 74.1 Å². The van der Waals surface area contributed by atoms with Crippen LogP contribution in [-0.2, 0) is 0 Å². The van der Waals surface area contributed by atoms with Gasteiger partial charge in [-0.3, -0.25) is 0 Å². The molecule has 0 bridgehead atoms. The third-order valence-electron chi connectivity index (χ3n) is 3.04. The van der Waals surface area contributed by atoms with Crippen LogP contribution < -0.4 is 85.2 Å². The van der Waals surface area contributed by atoms with Crippen molar-refractivity contribution in [3.8, 4) is 0 Å². The van der Waals surface area contributed by atoms with Gasteiger partial charge in [-0.1, -0.05) is 91.0 Å². The van der Waals surface area contributed by atoms with Crippen LogP contribution in [0, 0.1) is 0 Å². The van der Waals surface area contributed by atoms with Crippen LogP contribution in [0.3, 0.4) is 0 Å². The first-order valence-electron chi connectivity index (χ1n) is 7.02. The van der Waals surface area contributed by atoms with Crippen LogP contribution in [0.4, 0.5) is 4.79 Å². The van der Waals surface area contributed by atoms with E-state index < -0.39 is 14.1 Å². The Balaban J connectivity index is 0.000000874. The molecule has 0 aromatic heterocycles. The van der Waals surface area contributed by atoms with Crippen LogP contribution in [0.15, 0.2) is 91.0 Å². The Bertz CT molecular complexity index is 628. The van der Waals surface area contributed by atoms with Gasteiger partial charge in [0.1, 0.15) is 0 Å². The Labute approximate surface area is 193 Å². The molecule has 0 radical (unpaired) electrons. The van der Waals surface area contributed by atoms with Crippen molar-refractivity contribution in [3.05, 3.63) is 91.0 Å². The standard InChI is InChI=1S/C18H15P.CH2O3.2Na/c1-4-10-16(11-5-1)19(17-12-6-2-7-13-17)18-14-8-3-9-15-18;2-1(3)4;;/h1-15H;(H2,2,3,4);;/q;;2*+1/p-2. The van der Waals surface area contributed by atoms with Crippen molar-refractivity contribution in [1.29, 1.82) is 0 Å². The molecule has 0 saturated heterocycles. The largest absolute Gasteiger partial charge is 1.00 e. The monoisotopic (exact) mass is 368 g/mol. The maximum absolute atomic E-state index is 8.33. The predicted molar refractivity (Wildman–Crippen MR) is 90.5 cm³/mol. The first-order valence-corrected chi connectivity index (χ1v) is 8.36. The molecule has 0 heterocycles. The molecule has 3 nitrogen and oxygen atoms in total. The van der Waals surface area contributed by atoms with Gasteiger partial charge >= 0.3 is 59.1 Å². The van der Waals surface area contributed by atoms with Crippen LogP contribution in [0.1, 0.15) is 0 Å². The van der Waals surface area contributed by atoms with Crippen molar-refractivity contribution in [1.82, 2.24) is 0 Å². The molecule has 0 unspecified atom stereocenters. The number of carboxylic acid groups (broad SMARTS) is 2. The normalized spacial score (nSPS) is 9.00. The van der Waals surface area contributed by atoms with Gasteiger partial charge in [0.15, 0.2) is 0 Å². The third kappa shape index (κ3) is 8.52. The van der Waals surface area contributed by atoms with Crippen LogP contribution in [0.2, 0.25) is 0 Å². The number of hydrogen-bond donors (Lipinski definition) is 0. The summed E-state index contributed by atoms with van der Waals surface area (Å²) in [7, 11) is -0.446. The Morgan fingerprint density at radius 2 is 0.760 bits per heavy atom. The number of benzene rings is 3. The molecule has 3 aromatic carbocycles. The molecule has 0 amide bonds. The average molecular weight is 368 g/mol. The first kappa shape index (κ1) is 24.4. The molecule has 0 aliphatic rings. The second-order valence-corrected chi connectivity index (χ2v) is 6.81. The smallest absolute Gasteiger partial charge is 0.652 e. The number of carbonyl (C=O) groups excluding carboxylic acids is 1. The molecule has 25 heavy (non-hydrogen) atoms. The zero-order chi connectivity index (χ0) is 16.5. The molecule has 0 fully saturated rings. The molecule has 116 valence electrons. The SMILES string of the molecule is O=C([O-])[O-].[Na+].[Na+].c1ccc(P(c2ccccc2)c2ccccc2)cc1. The molecular formula is C19H15Na2O3P. The van der Waals surface area contributed by atoms with Crippen molar-refractivity contribution in [3.63, 3.8) is 0 Å². The van der Waals surface area contributed by atoms with Gasteiger partial charge in [-0.25, -0.2) is 0 Å². The molecule has 0 N–H and O–H groups in total. The summed E-state index contributed by atoms with van der Waals surface area (Å²) in [5.41, 5.74) is 0. The number of rotatable bonds is 3. The minimum Gasteiger partial charge on any atom is -0.652 e. The number of hydrogen-bond acceptors (Lipinski definition) is 3. The van der Waals surface area contributed by atoms with Crippen molar-refractivity contribution >= 4 is 30.0 Å². The zero-order valence-corrected chi connectivity index (χ0v) is 19.2. The molecule has 0 atom stereocenters. The van der Waals surface area contributed by atoms with Gasteiger partial charge in [0.25, 0.3) is 0 Å². The van der Waals surface area contributed by atoms with Gasteiger partial charge in [-0.05, 0) is 30.0 Å². The minimum atomic E-state index is -2.33. The van der Waals surface area contributed by atoms with E-state index in [9.17, 15) is 0 Å². The Morgan fingerprint density at radius 3 is 0.960 bits per heavy atom. The van der Waals surface area contributed by atoms with Gasteiger partial charge in [0, 0.05) is 0 Å². The Hall–Kier alpha value is -0.640. The Kier molecular flexibility index (Phi) is 13.2. The average Bonchev–Trinajstić information content (AvgIpc) is 2.58. The van der Waals surface area contributed by atoms with Gasteiger partial charge in [0.2, 0.25) is 0 Å². The summed E-state index contributed by atoms with van der Waals surface area (Å²) >= 11 is 0. The summed E-state index contributed by atoms with van der Waals surface area (Å²) in [6.07, 6.45) is -2.33. The molecule has 3 rings (SSSR count). The van der Waals surface area contributed by atoms with Gasteiger partial charge < -0.3 is 15.0 Å². The van der Waals surface area contributed by atoms with Crippen LogP contribution in [0.25, 0.3) is 0 Å². The van der Waals surface area contributed by atoms with E-state index in [1.165, 1.54) is 15.9 Å². The fourth-order valence-electron chi connectivity index (χ4n) is 2.18. The first-order chi connectivity index (χ1) is 11.2. The summed E-state index contributed by atoms with van der Waals surface area (Å²) in [6.45, 7) is 0. The molecule has 0 spiro atoms. The second-order valence-electron chi connectivity index (χ2n) is 4.59. The topological polar surface area (TPSA) is 63.2 Å².